The molecule has 0 saturated heterocycles. The summed E-state index contributed by atoms with van der Waals surface area (Å²) in [6, 6.07) is 9.28. The lowest BCUT2D eigenvalue weighted by molar-refractivity contribution is -0.146. The summed E-state index contributed by atoms with van der Waals surface area (Å²) in [4.78, 5) is 21.5. The van der Waals surface area contributed by atoms with Gasteiger partial charge in [-0.3, -0.25) is 4.79 Å². The van der Waals surface area contributed by atoms with Crippen molar-refractivity contribution >= 4 is 17.5 Å². The van der Waals surface area contributed by atoms with Gasteiger partial charge in [-0.1, -0.05) is 18.2 Å². The Labute approximate surface area is 119 Å². The summed E-state index contributed by atoms with van der Waals surface area (Å²) in [6.07, 6.45) is 2.21. The molecule has 2 rings (SSSR count). The van der Waals surface area contributed by atoms with E-state index in [1.165, 1.54) is 16.7 Å². The number of hydrogen-bond acceptors (Lipinski definition) is 3. The van der Waals surface area contributed by atoms with E-state index in [9.17, 15) is 19.1 Å². The van der Waals surface area contributed by atoms with E-state index in [-0.39, 0.29) is 18.1 Å². The highest BCUT2D eigenvalue weighted by Crippen LogP contribution is 2.16. The topological polar surface area (TPSA) is 79.5 Å². The van der Waals surface area contributed by atoms with Gasteiger partial charge in [0, 0.05) is 17.8 Å². The Bertz CT molecular complexity index is 718. The minimum atomic E-state index is -1.66. The summed E-state index contributed by atoms with van der Waals surface area (Å²) < 4.78 is 15.1. The van der Waals surface area contributed by atoms with Crippen LogP contribution in [0.15, 0.2) is 48.7 Å². The number of aliphatic hydroxyl groups is 1. The SMILES string of the molecule is O=C(O)C(=O)/C=C(\O)c1cccn1Cc1ccccc1F. The van der Waals surface area contributed by atoms with Crippen LogP contribution in [0.5, 0.6) is 0 Å². The van der Waals surface area contributed by atoms with Crippen LogP contribution in [0.25, 0.3) is 5.76 Å². The lowest BCUT2D eigenvalue weighted by Crippen LogP contribution is -2.11. The molecule has 0 aliphatic carbocycles. The molecule has 0 spiro atoms. The van der Waals surface area contributed by atoms with Gasteiger partial charge in [0.15, 0.2) is 0 Å². The molecule has 5 nitrogen and oxygen atoms in total. The van der Waals surface area contributed by atoms with Gasteiger partial charge in [0.25, 0.3) is 5.78 Å². The molecule has 21 heavy (non-hydrogen) atoms. The van der Waals surface area contributed by atoms with E-state index in [0.717, 1.165) is 0 Å². The fourth-order valence-electron chi connectivity index (χ4n) is 1.85. The quantitative estimate of drug-likeness (QED) is 0.502. The van der Waals surface area contributed by atoms with E-state index < -0.39 is 17.5 Å². The van der Waals surface area contributed by atoms with E-state index in [0.29, 0.717) is 11.6 Å². The summed E-state index contributed by atoms with van der Waals surface area (Å²) >= 11 is 0. The van der Waals surface area contributed by atoms with Gasteiger partial charge in [-0.2, -0.15) is 0 Å². The van der Waals surface area contributed by atoms with Gasteiger partial charge in [-0.15, -0.1) is 0 Å². The molecule has 1 heterocycles. The first-order valence-electron chi connectivity index (χ1n) is 6.06. The number of benzene rings is 1. The van der Waals surface area contributed by atoms with Crippen molar-refractivity contribution in [1.82, 2.24) is 4.57 Å². The number of aromatic nitrogens is 1. The Hall–Kier alpha value is -2.89. The second-order valence-corrected chi connectivity index (χ2v) is 4.31. The smallest absolute Gasteiger partial charge is 0.376 e. The maximum atomic E-state index is 13.6. The number of halogens is 1. The van der Waals surface area contributed by atoms with Gasteiger partial charge < -0.3 is 14.8 Å². The molecule has 0 saturated carbocycles. The number of carboxylic acid groups (broad SMARTS) is 1. The lowest BCUT2D eigenvalue weighted by atomic mass is 10.2. The van der Waals surface area contributed by atoms with Crippen LogP contribution >= 0.6 is 0 Å². The normalized spacial score (nSPS) is 11.4. The van der Waals surface area contributed by atoms with E-state index in [1.807, 2.05) is 0 Å². The Morgan fingerprint density at radius 3 is 2.52 bits per heavy atom. The van der Waals surface area contributed by atoms with Crippen LogP contribution in [-0.4, -0.2) is 26.5 Å². The fraction of sp³-hybridized carbons (Fsp3) is 0.0667. The number of carboxylic acids is 1. The van der Waals surface area contributed by atoms with Crippen LogP contribution in [0, 0.1) is 5.82 Å². The molecule has 0 bridgehead atoms. The first-order chi connectivity index (χ1) is 9.99. The van der Waals surface area contributed by atoms with E-state index in [2.05, 4.69) is 0 Å². The molecule has 0 aliphatic rings. The highest BCUT2D eigenvalue weighted by Gasteiger charge is 2.13. The zero-order chi connectivity index (χ0) is 15.4. The summed E-state index contributed by atoms with van der Waals surface area (Å²) in [6.45, 7) is 0.147. The van der Waals surface area contributed by atoms with Gasteiger partial charge in [0.05, 0.1) is 12.2 Å². The zero-order valence-electron chi connectivity index (χ0n) is 10.9. The molecule has 1 aromatic carbocycles. The van der Waals surface area contributed by atoms with Crippen LogP contribution in [0.1, 0.15) is 11.3 Å². The molecule has 0 unspecified atom stereocenters. The molecule has 0 atom stereocenters. The van der Waals surface area contributed by atoms with Gasteiger partial charge in [-0.25, -0.2) is 9.18 Å². The third kappa shape index (κ3) is 3.36. The number of carbonyl (C=O) groups excluding carboxylic acids is 1. The molecule has 2 aromatic rings. The van der Waals surface area contributed by atoms with Gasteiger partial charge in [0.1, 0.15) is 11.6 Å². The average molecular weight is 289 g/mol. The Morgan fingerprint density at radius 2 is 1.86 bits per heavy atom. The molecule has 6 heteroatoms. The first-order valence-corrected chi connectivity index (χ1v) is 6.06. The average Bonchev–Trinajstić information content (AvgIpc) is 2.89. The molecule has 0 fully saturated rings. The van der Waals surface area contributed by atoms with Crippen LogP contribution in [0.2, 0.25) is 0 Å². The van der Waals surface area contributed by atoms with Crippen molar-refractivity contribution < 1.29 is 24.2 Å². The molecular weight excluding hydrogens is 277 g/mol. The van der Waals surface area contributed by atoms with Gasteiger partial charge in [-0.05, 0) is 18.2 Å². The van der Waals surface area contributed by atoms with E-state index >= 15 is 0 Å². The first kappa shape index (κ1) is 14.5. The summed E-state index contributed by atoms with van der Waals surface area (Å²) in [5.74, 6) is -3.76. The maximum absolute atomic E-state index is 13.6. The number of carbonyl (C=O) groups is 2. The van der Waals surface area contributed by atoms with Crippen molar-refractivity contribution in [2.75, 3.05) is 0 Å². The van der Waals surface area contributed by atoms with Crippen LogP contribution in [-0.2, 0) is 16.1 Å². The summed E-state index contributed by atoms with van der Waals surface area (Å²) in [5.41, 5.74) is 0.639. The van der Waals surface area contributed by atoms with E-state index in [1.54, 1.807) is 30.5 Å². The predicted octanol–water partition coefficient (Wildman–Crippen LogP) is 2.23. The Kier molecular flexibility index (Phi) is 4.18. The molecular formula is C15H12FNO4. The second-order valence-electron chi connectivity index (χ2n) is 4.31. The molecule has 0 amide bonds. The van der Waals surface area contributed by atoms with Crippen molar-refractivity contribution in [3.63, 3.8) is 0 Å². The Balaban J connectivity index is 2.29. The standard InChI is InChI=1S/C15H12FNO4/c16-11-5-2-1-4-10(11)9-17-7-3-6-12(17)13(18)8-14(19)15(20)21/h1-8,18H,9H2,(H,20,21)/b13-8-. The van der Waals surface area contributed by atoms with Crippen LogP contribution in [0.3, 0.4) is 0 Å². The van der Waals surface area contributed by atoms with Crippen LogP contribution < -0.4 is 0 Å². The second kappa shape index (κ2) is 6.04. The lowest BCUT2D eigenvalue weighted by Gasteiger charge is -2.09. The summed E-state index contributed by atoms with van der Waals surface area (Å²) in [5, 5.41) is 18.3. The van der Waals surface area contributed by atoms with Gasteiger partial charge >= 0.3 is 5.97 Å². The predicted molar refractivity (Wildman–Crippen MR) is 73.2 cm³/mol. The third-order valence-corrected chi connectivity index (χ3v) is 2.87. The van der Waals surface area contributed by atoms with E-state index in [4.69, 9.17) is 5.11 Å². The number of aliphatic carboxylic acids is 1. The monoisotopic (exact) mass is 289 g/mol. The number of rotatable bonds is 5. The van der Waals surface area contributed by atoms with Crippen molar-refractivity contribution in [2.45, 2.75) is 6.54 Å². The fourth-order valence-corrected chi connectivity index (χ4v) is 1.85. The number of ketones is 1. The zero-order valence-corrected chi connectivity index (χ0v) is 10.9. The highest BCUT2D eigenvalue weighted by molar-refractivity contribution is 6.38. The minimum absolute atomic E-state index is 0.147. The molecule has 0 aliphatic heterocycles. The maximum Gasteiger partial charge on any atom is 0.376 e. The highest BCUT2D eigenvalue weighted by atomic mass is 19.1. The molecule has 1 aromatic heterocycles. The van der Waals surface area contributed by atoms with Crippen molar-refractivity contribution in [3.05, 3.63) is 65.7 Å². The number of nitrogens with zero attached hydrogens (tertiary/aromatic N) is 1. The largest absolute Gasteiger partial charge is 0.506 e. The van der Waals surface area contributed by atoms with Crippen molar-refractivity contribution in [2.24, 2.45) is 0 Å². The molecule has 0 radical (unpaired) electrons. The molecule has 108 valence electrons. The van der Waals surface area contributed by atoms with Crippen molar-refractivity contribution in [1.29, 1.82) is 0 Å². The minimum Gasteiger partial charge on any atom is -0.506 e. The van der Waals surface area contributed by atoms with Crippen molar-refractivity contribution in [3.8, 4) is 0 Å². The number of aliphatic hydroxyl groups excluding tert-OH is 1. The van der Waals surface area contributed by atoms with Crippen LogP contribution in [0.4, 0.5) is 4.39 Å². The third-order valence-electron chi connectivity index (χ3n) is 2.87. The molecule has 2 N–H and O–H groups in total. The summed E-state index contributed by atoms with van der Waals surface area (Å²) in [7, 11) is 0. The van der Waals surface area contributed by atoms with Gasteiger partial charge in [0.2, 0.25) is 0 Å². The Morgan fingerprint density at radius 1 is 1.14 bits per heavy atom. The number of hydrogen-bond donors (Lipinski definition) is 2.